The van der Waals surface area contributed by atoms with E-state index in [1.54, 1.807) is 55.5 Å². The SMILES string of the molecule is CCC(=O)Nc1cccc(C(=O)Nc2ccccc2C#N)c1. The average molecular weight is 293 g/mol. The third-order valence-electron chi connectivity index (χ3n) is 3.03. The molecule has 0 atom stereocenters. The second-order valence-electron chi connectivity index (χ2n) is 4.59. The molecule has 0 heterocycles. The van der Waals surface area contributed by atoms with Crippen LogP contribution in [0.1, 0.15) is 29.3 Å². The van der Waals surface area contributed by atoms with E-state index in [-0.39, 0.29) is 11.8 Å². The first-order valence-corrected chi connectivity index (χ1v) is 6.84. The lowest BCUT2D eigenvalue weighted by molar-refractivity contribution is -0.115. The van der Waals surface area contributed by atoms with Crippen LogP contribution in [0.15, 0.2) is 48.5 Å². The van der Waals surface area contributed by atoms with E-state index in [9.17, 15) is 9.59 Å². The summed E-state index contributed by atoms with van der Waals surface area (Å²) in [5.41, 5.74) is 1.82. The van der Waals surface area contributed by atoms with Gasteiger partial charge in [0.15, 0.2) is 0 Å². The molecule has 0 aliphatic rings. The van der Waals surface area contributed by atoms with Crippen LogP contribution in [0.25, 0.3) is 0 Å². The number of amides is 2. The van der Waals surface area contributed by atoms with Crippen LogP contribution >= 0.6 is 0 Å². The average Bonchev–Trinajstić information content (AvgIpc) is 2.55. The van der Waals surface area contributed by atoms with Gasteiger partial charge in [0.05, 0.1) is 11.3 Å². The molecule has 0 saturated carbocycles. The number of benzene rings is 2. The van der Waals surface area contributed by atoms with Crippen LogP contribution in [0.5, 0.6) is 0 Å². The van der Waals surface area contributed by atoms with E-state index < -0.39 is 0 Å². The van der Waals surface area contributed by atoms with Crippen LogP contribution in [0.2, 0.25) is 0 Å². The zero-order chi connectivity index (χ0) is 15.9. The fraction of sp³-hybridized carbons (Fsp3) is 0.118. The quantitative estimate of drug-likeness (QED) is 0.908. The Morgan fingerprint density at radius 2 is 1.86 bits per heavy atom. The van der Waals surface area contributed by atoms with E-state index >= 15 is 0 Å². The van der Waals surface area contributed by atoms with Gasteiger partial charge in [-0.25, -0.2) is 0 Å². The van der Waals surface area contributed by atoms with Crippen molar-refractivity contribution in [3.63, 3.8) is 0 Å². The van der Waals surface area contributed by atoms with Gasteiger partial charge in [0.2, 0.25) is 5.91 Å². The minimum Gasteiger partial charge on any atom is -0.326 e. The maximum atomic E-state index is 12.3. The molecule has 0 spiro atoms. The van der Waals surface area contributed by atoms with Crippen molar-refractivity contribution in [3.8, 4) is 6.07 Å². The number of hydrogen-bond donors (Lipinski definition) is 2. The molecule has 2 N–H and O–H groups in total. The summed E-state index contributed by atoms with van der Waals surface area (Å²) in [6, 6.07) is 15.4. The molecule has 0 aromatic heterocycles. The molecule has 0 aliphatic heterocycles. The van der Waals surface area contributed by atoms with Crippen molar-refractivity contribution >= 4 is 23.2 Å². The Labute approximate surface area is 128 Å². The fourth-order valence-electron chi connectivity index (χ4n) is 1.87. The highest BCUT2D eigenvalue weighted by atomic mass is 16.2. The lowest BCUT2D eigenvalue weighted by Crippen LogP contribution is -2.14. The number of nitriles is 1. The third-order valence-corrected chi connectivity index (χ3v) is 3.03. The lowest BCUT2D eigenvalue weighted by atomic mass is 10.1. The lowest BCUT2D eigenvalue weighted by Gasteiger charge is -2.09. The highest BCUT2D eigenvalue weighted by Crippen LogP contribution is 2.17. The van der Waals surface area contributed by atoms with E-state index in [2.05, 4.69) is 10.6 Å². The molecule has 0 saturated heterocycles. The minimum absolute atomic E-state index is 0.118. The molecular formula is C17H15N3O2. The van der Waals surface area contributed by atoms with Gasteiger partial charge in [-0.1, -0.05) is 25.1 Å². The van der Waals surface area contributed by atoms with Gasteiger partial charge in [-0.2, -0.15) is 5.26 Å². The summed E-state index contributed by atoms with van der Waals surface area (Å²) >= 11 is 0. The monoisotopic (exact) mass is 293 g/mol. The van der Waals surface area contributed by atoms with Gasteiger partial charge in [-0.3, -0.25) is 9.59 Å². The van der Waals surface area contributed by atoms with Crippen molar-refractivity contribution in [3.05, 3.63) is 59.7 Å². The maximum absolute atomic E-state index is 12.3. The zero-order valence-electron chi connectivity index (χ0n) is 12.1. The van der Waals surface area contributed by atoms with E-state index in [0.717, 1.165) is 0 Å². The molecule has 2 amide bonds. The Hall–Kier alpha value is -3.13. The Balaban J connectivity index is 2.18. The van der Waals surface area contributed by atoms with E-state index in [1.165, 1.54) is 0 Å². The first-order chi connectivity index (χ1) is 10.6. The van der Waals surface area contributed by atoms with Crippen molar-refractivity contribution in [2.75, 3.05) is 10.6 Å². The molecule has 0 fully saturated rings. The topological polar surface area (TPSA) is 82.0 Å². The number of para-hydroxylation sites is 1. The fourth-order valence-corrected chi connectivity index (χ4v) is 1.87. The molecule has 2 aromatic rings. The highest BCUT2D eigenvalue weighted by molar-refractivity contribution is 6.05. The molecule has 5 nitrogen and oxygen atoms in total. The van der Waals surface area contributed by atoms with Gasteiger partial charge in [0, 0.05) is 17.7 Å². The van der Waals surface area contributed by atoms with Gasteiger partial charge >= 0.3 is 0 Å². The van der Waals surface area contributed by atoms with Crippen LogP contribution in [0.3, 0.4) is 0 Å². The van der Waals surface area contributed by atoms with Gasteiger partial charge < -0.3 is 10.6 Å². The molecule has 22 heavy (non-hydrogen) atoms. The number of nitrogens with zero attached hydrogens (tertiary/aromatic N) is 1. The van der Waals surface area contributed by atoms with Crippen LogP contribution in [-0.2, 0) is 4.79 Å². The smallest absolute Gasteiger partial charge is 0.255 e. The Kier molecular flexibility index (Phi) is 4.89. The minimum atomic E-state index is -0.338. The predicted octanol–water partition coefficient (Wildman–Crippen LogP) is 3.16. The molecule has 0 unspecified atom stereocenters. The van der Waals surface area contributed by atoms with Crippen molar-refractivity contribution in [1.82, 2.24) is 0 Å². The van der Waals surface area contributed by atoms with Gasteiger partial charge in [0.25, 0.3) is 5.91 Å². The molecular weight excluding hydrogens is 278 g/mol. The standard InChI is InChI=1S/C17H15N3O2/c1-2-16(21)19-14-8-5-7-12(10-14)17(22)20-15-9-4-3-6-13(15)11-18/h3-10H,2H2,1H3,(H,19,21)(H,20,22). The summed E-state index contributed by atoms with van der Waals surface area (Å²) in [7, 11) is 0. The molecule has 110 valence electrons. The van der Waals surface area contributed by atoms with Crippen molar-refractivity contribution in [1.29, 1.82) is 5.26 Å². The van der Waals surface area contributed by atoms with Gasteiger partial charge in [-0.05, 0) is 30.3 Å². The second-order valence-corrected chi connectivity index (χ2v) is 4.59. The Bertz CT molecular complexity index is 748. The number of nitrogens with one attached hydrogen (secondary N) is 2. The van der Waals surface area contributed by atoms with Crippen LogP contribution in [0.4, 0.5) is 11.4 Å². The molecule has 0 aliphatic carbocycles. The molecule has 5 heteroatoms. The van der Waals surface area contributed by atoms with Crippen molar-refractivity contribution in [2.45, 2.75) is 13.3 Å². The first-order valence-electron chi connectivity index (χ1n) is 6.84. The van der Waals surface area contributed by atoms with E-state index in [0.29, 0.717) is 28.9 Å². The Morgan fingerprint density at radius 3 is 2.59 bits per heavy atom. The number of carbonyl (C=O) groups is 2. The Morgan fingerprint density at radius 1 is 1.09 bits per heavy atom. The number of carbonyl (C=O) groups excluding carboxylic acids is 2. The summed E-state index contributed by atoms with van der Waals surface area (Å²) in [5.74, 6) is -0.456. The summed E-state index contributed by atoms with van der Waals surface area (Å²) < 4.78 is 0. The van der Waals surface area contributed by atoms with Gasteiger partial charge in [-0.15, -0.1) is 0 Å². The first kappa shape index (κ1) is 15.3. The zero-order valence-corrected chi connectivity index (χ0v) is 12.1. The van der Waals surface area contributed by atoms with E-state index in [4.69, 9.17) is 5.26 Å². The third kappa shape index (κ3) is 3.70. The largest absolute Gasteiger partial charge is 0.326 e. The summed E-state index contributed by atoms with van der Waals surface area (Å²) in [6.45, 7) is 1.75. The number of rotatable bonds is 4. The molecule has 0 radical (unpaired) electrons. The van der Waals surface area contributed by atoms with Crippen LogP contribution in [-0.4, -0.2) is 11.8 Å². The normalized spacial score (nSPS) is 9.64. The molecule has 0 bridgehead atoms. The molecule has 2 aromatic carbocycles. The highest BCUT2D eigenvalue weighted by Gasteiger charge is 2.10. The van der Waals surface area contributed by atoms with Crippen LogP contribution in [0, 0.1) is 11.3 Å². The predicted molar refractivity (Wildman–Crippen MR) is 84.5 cm³/mol. The van der Waals surface area contributed by atoms with E-state index in [1.807, 2.05) is 6.07 Å². The van der Waals surface area contributed by atoms with Crippen molar-refractivity contribution < 1.29 is 9.59 Å². The van der Waals surface area contributed by atoms with Gasteiger partial charge in [0.1, 0.15) is 6.07 Å². The van der Waals surface area contributed by atoms with Crippen molar-refractivity contribution in [2.24, 2.45) is 0 Å². The summed E-state index contributed by atoms with van der Waals surface area (Å²) in [4.78, 5) is 23.6. The number of hydrogen-bond acceptors (Lipinski definition) is 3. The maximum Gasteiger partial charge on any atom is 0.255 e. The van der Waals surface area contributed by atoms with Crippen LogP contribution < -0.4 is 10.6 Å². The second kappa shape index (κ2) is 7.04. The molecule has 2 rings (SSSR count). The number of anilines is 2. The summed E-state index contributed by atoms with van der Waals surface area (Å²) in [6.07, 6.45) is 0.367. The summed E-state index contributed by atoms with van der Waals surface area (Å²) in [5, 5.41) is 14.4.